The summed E-state index contributed by atoms with van der Waals surface area (Å²) in [5.74, 6) is 1.70. The van der Waals surface area contributed by atoms with E-state index < -0.39 is 0 Å². The Labute approximate surface area is 126 Å². The van der Waals surface area contributed by atoms with E-state index in [-0.39, 0.29) is 6.04 Å². The van der Waals surface area contributed by atoms with Gasteiger partial charge in [-0.25, -0.2) is 0 Å². The van der Waals surface area contributed by atoms with Crippen LogP contribution in [0.4, 0.5) is 0 Å². The maximum Gasteiger partial charge on any atom is 0.125 e. The quantitative estimate of drug-likeness (QED) is 0.884. The molecule has 1 atom stereocenters. The van der Waals surface area contributed by atoms with Crippen molar-refractivity contribution < 1.29 is 9.47 Å². The lowest BCUT2D eigenvalue weighted by molar-refractivity contribution is 0.296. The van der Waals surface area contributed by atoms with E-state index in [1.54, 1.807) is 7.11 Å². The van der Waals surface area contributed by atoms with E-state index in [2.05, 4.69) is 19.1 Å². The molecule has 0 spiro atoms. The molecule has 0 heterocycles. The Morgan fingerprint density at radius 3 is 2.43 bits per heavy atom. The Hall–Kier alpha value is -2.00. The van der Waals surface area contributed by atoms with Crippen LogP contribution in [-0.4, -0.2) is 13.2 Å². The zero-order valence-electron chi connectivity index (χ0n) is 12.9. The van der Waals surface area contributed by atoms with Crippen molar-refractivity contribution in [3.05, 3.63) is 59.2 Å². The van der Waals surface area contributed by atoms with Crippen LogP contribution in [0.3, 0.4) is 0 Å². The van der Waals surface area contributed by atoms with Gasteiger partial charge in [-0.15, -0.1) is 0 Å². The Balaban J connectivity index is 2.11. The molecule has 0 aliphatic heterocycles. The van der Waals surface area contributed by atoms with Gasteiger partial charge in [0.25, 0.3) is 0 Å². The molecule has 2 N–H and O–H groups in total. The molecule has 0 radical (unpaired) electrons. The van der Waals surface area contributed by atoms with E-state index in [9.17, 15) is 0 Å². The molecule has 112 valence electrons. The first-order valence-electron chi connectivity index (χ1n) is 7.19. The number of hydrogen-bond donors (Lipinski definition) is 1. The average molecular weight is 285 g/mol. The Morgan fingerprint density at radius 1 is 1.10 bits per heavy atom. The summed E-state index contributed by atoms with van der Waals surface area (Å²) < 4.78 is 11.2. The van der Waals surface area contributed by atoms with Crippen molar-refractivity contribution in [3.63, 3.8) is 0 Å². The number of methoxy groups -OCH3 is 1. The van der Waals surface area contributed by atoms with E-state index in [4.69, 9.17) is 15.2 Å². The van der Waals surface area contributed by atoms with Gasteiger partial charge in [-0.2, -0.15) is 0 Å². The normalized spacial score (nSPS) is 12.0. The number of rotatable bonds is 6. The number of hydrogen-bond acceptors (Lipinski definition) is 3. The molecule has 0 saturated heterocycles. The molecule has 2 rings (SSSR count). The number of nitrogens with two attached hydrogens (primary N) is 1. The highest BCUT2D eigenvalue weighted by Crippen LogP contribution is 2.23. The predicted octanol–water partition coefficient (Wildman–Crippen LogP) is 3.47. The second-order valence-corrected chi connectivity index (χ2v) is 5.43. The van der Waals surface area contributed by atoms with E-state index in [0.29, 0.717) is 6.61 Å². The predicted molar refractivity (Wildman–Crippen MR) is 85.9 cm³/mol. The third-order valence-corrected chi connectivity index (χ3v) is 3.32. The van der Waals surface area contributed by atoms with Gasteiger partial charge in [0, 0.05) is 11.6 Å². The van der Waals surface area contributed by atoms with E-state index >= 15 is 0 Å². The molecule has 0 aliphatic carbocycles. The van der Waals surface area contributed by atoms with Crippen LogP contribution in [0.5, 0.6) is 11.5 Å². The first-order chi connectivity index (χ1) is 10.1. The SMILES string of the molecule is COc1ccc(CC(C)N)cc1COc1ccc(C)cc1. The molecule has 0 saturated carbocycles. The van der Waals surface area contributed by atoms with Crippen LogP contribution in [0.15, 0.2) is 42.5 Å². The van der Waals surface area contributed by atoms with Gasteiger partial charge in [0.15, 0.2) is 0 Å². The van der Waals surface area contributed by atoms with Gasteiger partial charge >= 0.3 is 0 Å². The highest BCUT2D eigenvalue weighted by atomic mass is 16.5. The minimum absolute atomic E-state index is 0.143. The van der Waals surface area contributed by atoms with Gasteiger partial charge in [0.05, 0.1) is 7.11 Å². The molecule has 3 heteroatoms. The van der Waals surface area contributed by atoms with Gasteiger partial charge in [0.1, 0.15) is 18.1 Å². The fraction of sp³-hybridized carbons (Fsp3) is 0.333. The van der Waals surface area contributed by atoms with Gasteiger partial charge in [-0.05, 0) is 50.1 Å². The second kappa shape index (κ2) is 7.14. The highest BCUT2D eigenvalue weighted by Gasteiger charge is 2.07. The third kappa shape index (κ3) is 4.50. The van der Waals surface area contributed by atoms with Crippen LogP contribution in [0.2, 0.25) is 0 Å². The molecule has 1 unspecified atom stereocenters. The van der Waals surface area contributed by atoms with Crippen molar-refractivity contribution in [2.45, 2.75) is 32.9 Å². The summed E-state index contributed by atoms with van der Waals surface area (Å²) in [6, 6.07) is 14.3. The maximum atomic E-state index is 5.86. The number of aryl methyl sites for hydroxylation is 1. The molecule has 0 aromatic heterocycles. The molecule has 3 nitrogen and oxygen atoms in total. The zero-order valence-corrected chi connectivity index (χ0v) is 12.9. The van der Waals surface area contributed by atoms with Gasteiger partial charge in [-0.1, -0.05) is 23.8 Å². The number of benzene rings is 2. The summed E-state index contributed by atoms with van der Waals surface area (Å²) in [6.45, 7) is 4.55. The smallest absolute Gasteiger partial charge is 0.125 e. The topological polar surface area (TPSA) is 44.5 Å². The molecule has 0 bridgehead atoms. The standard InChI is InChI=1S/C18H23NO2/c1-13-4-7-17(8-5-13)21-12-16-11-15(10-14(2)19)6-9-18(16)20-3/h4-9,11,14H,10,12,19H2,1-3H3. The minimum atomic E-state index is 0.143. The second-order valence-electron chi connectivity index (χ2n) is 5.43. The van der Waals surface area contributed by atoms with Crippen molar-refractivity contribution in [1.82, 2.24) is 0 Å². The highest BCUT2D eigenvalue weighted by molar-refractivity contribution is 5.38. The van der Waals surface area contributed by atoms with Crippen LogP contribution in [-0.2, 0) is 13.0 Å². The fourth-order valence-electron chi connectivity index (χ4n) is 2.24. The molecular formula is C18H23NO2. The summed E-state index contributed by atoms with van der Waals surface area (Å²) in [5.41, 5.74) is 9.32. The minimum Gasteiger partial charge on any atom is -0.496 e. The van der Waals surface area contributed by atoms with Crippen LogP contribution < -0.4 is 15.2 Å². The summed E-state index contributed by atoms with van der Waals surface area (Å²) in [5, 5.41) is 0. The summed E-state index contributed by atoms with van der Waals surface area (Å²) in [4.78, 5) is 0. The lowest BCUT2D eigenvalue weighted by Crippen LogP contribution is -2.17. The van der Waals surface area contributed by atoms with Crippen LogP contribution in [0.1, 0.15) is 23.6 Å². The molecule has 2 aromatic carbocycles. The summed E-state index contributed by atoms with van der Waals surface area (Å²) >= 11 is 0. The molecule has 21 heavy (non-hydrogen) atoms. The first-order valence-corrected chi connectivity index (χ1v) is 7.19. The summed E-state index contributed by atoms with van der Waals surface area (Å²) in [6.07, 6.45) is 0.849. The molecular weight excluding hydrogens is 262 g/mol. The average Bonchev–Trinajstić information content (AvgIpc) is 2.46. The first kappa shape index (κ1) is 15.4. The van der Waals surface area contributed by atoms with Crippen LogP contribution in [0, 0.1) is 6.92 Å². The van der Waals surface area contributed by atoms with Crippen molar-refractivity contribution in [2.24, 2.45) is 5.73 Å². The van der Waals surface area contributed by atoms with E-state index in [1.807, 2.05) is 37.3 Å². The molecule has 0 aliphatic rings. The maximum absolute atomic E-state index is 5.86. The lowest BCUT2D eigenvalue weighted by atomic mass is 10.0. The van der Waals surface area contributed by atoms with Crippen molar-refractivity contribution in [2.75, 3.05) is 7.11 Å². The van der Waals surface area contributed by atoms with E-state index in [1.165, 1.54) is 11.1 Å². The Kier molecular flexibility index (Phi) is 5.23. The lowest BCUT2D eigenvalue weighted by Gasteiger charge is -2.13. The molecule has 2 aromatic rings. The Morgan fingerprint density at radius 2 is 1.81 bits per heavy atom. The van der Waals surface area contributed by atoms with Crippen LogP contribution >= 0.6 is 0 Å². The van der Waals surface area contributed by atoms with E-state index in [0.717, 1.165) is 23.5 Å². The molecule has 0 amide bonds. The fourth-order valence-corrected chi connectivity index (χ4v) is 2.24. The molecule has 0 fully saturated rings. The third-order valence-electron chi connectivity index (χ3n) is 3.32. The van der Waals surface area contributed by atoms with Gasteiger partial charge in [0.2, 0.25) is 0 Å². The summed E-state index contributed by atoms with van der Waals surface area (Å²) in [7, 11) is 1.68. The van der Waals surface area contributed by atoms with Gasteiger partial charge < -0.3 is 15.2 Å². The van der Waals surface area contributed by atoms with Crippen molar-refractivity contribution in [1.29, 1.82) is 0 Å². The van der Waals surface area contributed by atoms with Crippen molar-refractivity contribution in [3.8, 4) is 11.5 Å². The Bertz CT molecular complexity index is 576. The monoisotopic (exact) mass is 285 g/mol. The largest absolute Gasteiger partial charge is 0.496 e. The zero-order chi connectivity index (χ0) is 15.2. The number of ether oxygens (including phenoxy) is 2. The van der Waals surface area contributed by atoms with Crippen molar-refractivity contribution >= 4 is 0 Å². The van der Waals surface area contributed by atoms with Crippen LogP contribution in [0.25, 0.3) is 0 Å². The van der Waals surface area contributed by atoms with Gasteiger partial charge in [-0.3, -0.25) is 0 Å².